The van der Waals surface area contributed by atoms with E-state index in [1.807, 2.05) is 47.6 Å². The van der Waals surface area contributed by atoms with Crippen molar-refractivity contribution in [3.05, 3.63) is 83.6 Å². The van der Waals surface area contributed by atoms with E-state index in [1.165, 1.54) is 18.2 Å². The van der Waals surface area contributed by atoms with Crippen molar-refractivity contribution >= 4 is 85.2 Å². The number of nitrogens with zero attached hydrogens (tertiary/aromatic N) is 4. The fraction of sp³-hybridized carbons (Fsp3) is 0.642. The zero-order chi connectivity index (χ0) is 79.5. The number of hydrogen-bond acceptors (Lipinski definition) is 18. The van der Waals surface area contributed by atoms with Gasteiger partial charge in [-0.1, -0.05) is 44.9 Å². The Morgan fingerprint density at radius 2 is 1.00 bits per heavy atom. The van der Waals surface area contributed by atoms with E-state index in [-0.39, 0.29) is 126 Å². The second kappa shape index (κ2) is 41.8. The van der Waals surface area contributed by atoms with Crippen molar-refractivity contribution < 1.29 is 126 Å². The van der Waals surface area contributed by atoms with Gasteiger partial charge in [0.1, 0.15) is 6.54 Å². The Balaban J connectivity index is 1.75. The van der Waals surface area contributed by atoms with Crippen LogP contribution in [0.4, 0.5) is 64.1 Å². The lowest BCUT2D eigenvalue weighted by atomic mass is 9.81. The smallest absolute Gasteiger partial charge is 0.471 e. The largest absolute Gasteiger partial charge is 0.748 e. The lowest BCUT2D eigenvalue weighted by Crippen LogP contribution is -2.37. The summed E-state index contributed by atoms with van der Waals surface area (Å²) >= 11 is 0. The van der Waals surface area contributed by atoms with E-state index in [9.17, 15) is 94.7 Å². The molecular weight excluding hydrogens is 1510 g/mol. The van der Waals surface area contributed by atoms with Gasteiger partial charge in [0, 0.05) is 91.5 Å². The fourth-order valence-electron chi connectivity index (χ4n) is 11.3. The van der Waals surface area contributed by atoms with Crippen molar-refractivity contribution in [1.82, 2.24) is 25.9 Å². The molecule has 0 saturated heterocycles. The molecule has 2 aliphatic rings. The lowest BCUT2D eigenvalue weighted by Gasteiger charge is -2.35. The molecule has 1 atom stereocenters. The minimum Gasteiger partial charge on any atom is -0.748 e. The topological polar surface area (TPSA) is 296 Å². The fourth-order valence-corrected chi connectivity index (χ4v) is 16.7. The van der Waals surface area contributed by atoms with Gasteiger partial charge in [0.2, 0.25) is 5.69 Å². The second-order valence-corrected chi connectivity index (χ2v) is 33.3. The minimum atomic E-state index is -5.14. The highest BCUT2D eigenvalue weighted by Gasteiger charge is 2.47. The van der Waals surface area contributed by atoms with Crippen LogP contribution in [0.1, 0.15) is 156 Å². The van der Waals surface area contributed by atoms with Crippen molar-refractivity contribution in [2.45, 2.75) is 193 Å². The molecule has 106 heavy (non-hydrogen) atoms. The average Bonchev–Trinajstić information content (AvgIpc) is 1.59. The molecule has 598 valence electrons. The number of carbonyl (C=O) groups is 4. The number of nitrogens with one attached hydrogen (secondary N) is 4. The molecule has 1 unspecified atom stereocenters. The van der Waals surface area contributed by atoms with Crippen LogP contribution in [0, 0.1) is 11.3 Å². The summed E-state index contributed by atoms with van der Waals surface area (Å²) in [7, 11) is -15.0. The van der Waals surface area contributed by atoms with Gasteiger partial charge in [0.05, 0.1) is 78.3 Å². The number of rotatable bonds is 47. The first-order valence-electron chi connectivity index (χ1n) is 34.4. The third kappa shape index (κ3) is 29.2. The minimum absolute atomic E-state index is 0.000342. The molecule has 23 nitrogen and oxygen atoms in total. The highest BCUT2D eigenvalue weighted by atomic mass is 32.2. The number of benzene rings is 2. The maximum atomic E-state index is 15.0. The average molecular weight is 1610 g/mol. The molecule has 2 heterocycles. The van der Waals surface area contributed by atoms with Crippen LogP contribution in [0.2, 0.25) is 0 Å². The number of nitriles is 1. The first-order valence-corrected chi connectivity index (χ1v) is 40.2. The first-order chi connectivity index (χ1) is 49.3. The molecule has 39 heteroatoms. The maximum absolute atomic E-state index is 15.0. The highest BCUT2D eigenvalue weighted by molar-refractivity contribution is 7.85. The van der Waals surface area contributed by atoms with E-state index in [0.29, 0.717) is 54.2 Å². The number of hydrogen-bond donors (Lipinski definition) is 4. The van der Waals surface area contributed by atoms with Gasteiger partial charge in [0.25, 0.3) is 8.53 Å². The Morgan fingerprint density at radius 1 is 0.585 bits per heavy atom. The number of allylic oxidation sites excluding steroid dienone is 6. The SMILES string of the molecule is CC(C)N(C(C)C)P(OCCC#N)OCCCCCCN1C(=CC=CC=CC2=[N+](CCCS(=O)(=O)[O-])c3ccc(P(=O)(OCCCCNC(=O)C(F)(F)F)OCCCCNC(=O)C(F)(F)F)cc3C2(C)C)C(C)(C)c2cc(P(=O)(OCCCCNC(=O)C(F)(F)F)OCCCCNC(=O)C(F)(F)F)ccc21. The third-order valence-electron chi connectivity index (χ3n) is 16.5. The Kier molecular flexibility index (Phi) is 36.5. The third-order valence-corrected chi connectivity index (χ3v) is 23.3. The van der Waals surface area contributed by atoms with Crippen molar-refractivity contribution in [2.75, 3.05) is 89.6 Å². The van der Waals surface area contributed by atoms with E-state index < -0.39 is 125 Å². The highest BCUT2D eigenvalue weighted by Crippen LogP contribution is 2.54. The Morgan fingerprint density at radius 3 is 1.42 bits per heavy atom. The molecule has 0 fully saturated rings. The molecule has 4 N–H and O–H groups in total. The van der Waals surface area contributed by atoms with Gasteiger partial charge in [-0.2, -0.15) is 62.5 Å². The van der Waals surface area contributed by atoms with E-state index in [1.54, 1.807) is 82.2 Å². The van der Waals surface area contributed by atoms with Crippen molar-refractivity contribution in [3.63, 3.8) is 0 Å². The Hall–Kier alpha value is -5.82. The van der Waals surface area contributed by atoms with Crippen LogP contribution in [-0.4, -0.2) is 173 Å². The Bertz CT molecular complexity index is 3550. The zero-order valence-electron chi connectivity index (χ0n) is 60.3. The van der Waals surface area contributed by atoms with Crippen LogP contribution in [0.15, 0.2) is 72.5 Å². The van der Waals surface area contributed by atoms with E-state index in [2.05, 4.69) is 15.6 Å². The van der Waals surface area contributed by atoms with Crippen LogP contribution in [0.5, 0.6) is 0 Å². The van der Waals surface area contributed by atoms with Gasteiger partial charge >= 0.3 is 63.5 Å². The van der Waals surface area contributed by atoms with Crippen LogP contribution in [-0.2, 0) is 76.4 Å². The predicted molar refractivity (Wildman–Crippen MR) is 373 cm³/mol. The monoisotopic (exact) mass is 1600 g/mol. The van der Waals surface area contributed by atoms with Crippen molar-refractivity contribution in [2.24, 2.45) is 0 Å². The summed E-state index contributed by atoms with van der Waals surface area (Å²) in [5.41, 5.74) is 1.72. The molecule has 0 bridgehead atoms. The molecular formula is C67H95F12N8O15P3S. The van der Waals surface area contributed by atoms with Gasteiger partial charge in [-0.3, -0.25) is 28.3 Å². The number of halogens is 12. The number of carbonyl (C=O) groups excluding carboxylic acids is 4. The van der Waals surface area contributed by atoms with Gasteiger partial charge in [-0.25, -0.2) is 13.1 Å². The van der Waals surface area contributed by atoms with E-state index in [4.69, 9.17) is 27.1 Å². The molecule has 2 aromatic carbocycles. The predicted octanol–water partition coefficient (Wildman–Crippen LogP) is 13.2. The number of anilines is 1. The van der Waals surface area contributed by atoms with Crippen LogP contribution in [0.25, 0.3) is 0 Å². The molecule has 0 saturated carbocycles. The number of unbranched alkanes of at least 4 members (excludes halogenated alkanes) is 7. The molecule has 0 aliphatic carbocycles. The molecule has 4 rings (SSSR count). The first kappa shape index (κ1) is 92.6. The van der Waals surface area contributed by atoms with Gasteiger partial charge in [0.15, 0.2) is 5.71 Å². The Labute approximate surface area is 611 Å². The van der Waals surface area contributed by atoms with E-state index in [0.717, 1.165) is 18.5 Å². The molecule has 2 aromatic rings. The van der Waals surface area contributed by atoms with Crippen molar-refractivity contribution in [3.8, 4) is 6.07 Å². The number of alkyl halides is 12. The summed E-state index contributed by atoms with van der Waals surface area (Å²) in [5, 5.41) is 16.2. The summed E-state index contributed by atoms with van der Waals surface area (Å²) in [4.78, 5) is 47.7. The van der Waals surface area contributed by atoms with Crippen LogP contribution < -0.4 is 36.8 Å². The summed E-state index contributed by atoms with van der Waals surface area (Å²) in [6.07, 6.45) is -9.16. The molecule has 0 radical (unpaired) electrons. The number of amides is 4. The van der Waals surface area contributed by atoms with Crippen molar-refractivity contribution in [1.29, 1.82) is 5.26 Å². The summed E-state index contributed by atoms with van der Waals surface area (Å²) < 4.78 is 260. The molecule has 4 amide bonds. The quantitative estimate of drug-likeness (QED) is 0.0120. The molecule has 0 spiro atoms. The van der Waals surface area contributed by atoms with Gasteiger partial charge in [-0.05, 0) is 148 Å². The lowest BCUT2D eigenvalue weighted by molar-refractivity contribution is -0.437. The summed E-state index contributed by atoms with van der Waals surface area (Å²) in [6.45, 7) is 13.5. The number of fused-ring (bicyclic) bond motifs is 2. The van der Waals surface area contributed by atoms with Gasteiger partial charge in [-0.15, -0.1) is 0 Å². The molecule has 2 aliphatic heterocycles. The maximum Gasteiger partial charge on any atom is 0.471 e. The zero-order valence-corrected chi connectivity index (χ0v) is 63.8. The second-order valence-electron chi connectivity index (χ2n) is 26.2. The normalized spacial score (nSPS) is 15.7. The van der Waals surface area contributed by atoms with Crippen LogP contribution in [0.3, 0.4) is 0 Å². The summed E-state index contributed by atoms with van der Waals surface area (Å²) in [5.74, 6) is -9.39. The standard InChI is InChI=1S/C67H95F12N8O15P3S/c1-48(2)87(49(3)4)103(98-40-24-32-80)97-39-19-10-9-18-37-85-54-30-28-50(104(92,99-41-20-14-33-81-58(88)64(68,69)70)100-42-21-15-34-82-59(89)65(71,72)73)46-52(54)62(5,6)56(85)26-12-11-13-27-57-63(7,8)53-47-51(29-31-55(53)86(57)38-25-45-106(94,95)96)105(93,101-43-22-16-35-83-60(90)66(74,75)76)102-44-23-17-36-84-61(91)67(77,78)79/h11-13,26-31,46-49H,9-10,14-25,33-45H2,1-8H3,(H4-,81,82,83,84,88,89,90,91,94,95,96). The van der Waals surface area contributed by atoms with Gasteiger partial charge < -0.3 is 57.9 Å². The molecule has 0 aromatic heterocycles. The van der Waals surface area contributed by atoms with Crippen LogP contribution >= 0.6 is 23.7 Å². The summed E-state index contributed by atoms with van der Waals surface area (Å²) in [6, 6.07) is 11.7. The van der Waals surface area contributed by atoms with E-state index >= 15 is 4.57 Å².